The van der Waals surface area contributed by atoms with Gasteiger partial charge in [-0.25, -0.2) is 0 Å². The molecule has 1 saturated carbocycles. The maximum atomic E-state index is 13.1. The van der Waals surface area contributed by atoms with Gasteiger partial charge in [-0.15, -0.1) is 0 Å². The predicted octanol–water partition coefficient (Wildman–Crippen LogP) is 5.08. The lowest BCUT2D eigenvalue weighted by Crippen LogP contribution is -2.48. The van der Waals surface area contributed by atoms with Crippen LogP contribution in [0.2, 0.25) is 23.7 Å². The summed E-state index contributed by atoms with van der Waals surface area (Å²) in [7, 11) is -2.14. The monoisotopic (exact) mass is 348 g/mol. The van der Waals surface area contributed by atoms with E-state index >= 15 is 0 Å². The van der Waals surface area contributed by atoms with E-state index in [1.807, 2.05) is 30.3 Å². The summed E-state index contributed by atoms with van der Waals surface area (Å²) < 4.78 is 5.83. The molecule has 0 radical (unpaired) electrons. The molecule has 0 aliphatic heterocycles. The van der Waals surface area contributed by atoms with Crippen molar-refractivity contribution in [3.05, 3.63) is 35.9 Å². The van der Waals surface area contributed by atoms with Gasteiger partial charge < -0.3 is 9.84 Å². The van der Waals surface area contributed by atoms with Crippen LogP contribution in [0.25, 0.3) is 0 Å². The molecule has 1 aromatic carbocycles. The Hall–Kier alpha value is -1.13. The summed E-state index contributed by atoms with van der Waals surface area (Å²) in [5.74, 6) is -0.204. The lowest BCUT2D eigenvalue weighted by atomic mass is 10.1. The average Bonchev–Trinajstić information content (AvgIpc) is 2.99. The summed E-state index contributed by atoms with van der Waals surface area (Å²) in [4.78, 5) is 13.1. The number of carbonyl (C=O) groups is 1. The molecule has 1 aliphatic rings. The summed E-state index contributed by atoms with van der Waals surface area (Å²) >= 11 is 0. The Balaban J connectivity index is 2.31. The molecule has 1 fully saturated rings. The van der Waals surface area contributed by atoms with Gasteiger partial charge in [0, 0.05) is 0 Å². The van der Waals surface area contributed by atoms with E-state index < -0.39 is 19.7 Å². The van der Waals surface area contributed by atoms with Crippen molar-refractivity contribution in [2.75, 3.05) is 0 Å². The Morgan fingerprint density at radius 3 is 2.21 bits per heavy atom. The molecule has 2 rings (SSSR count). The topological polar surface area (TPSA) is 46.5 Å². The van der Waals surface area contributed by atoms with Gasteiger partial charge in [-0.1, -0.05) is 64.2 Å². The minimum absolute atomic E-state index is 0.0118. The Morgan fingerprint density at radius 1 is 1.17 bits per heavy atom. The van der Waals surface area contributed by atoms with Crippen LogP contribution in [0.1, 0.15) is 58.1 Å². The number of aliphatic hydroxyl groups excluding tert-OH is 1. The molecule has 24 heavy (non-hydrogen) atoms. The zero-order chi connectivity index (χ0) is 18.0. The van der Waals surface area contributed by atoms with Crippen molar-refractivity contribution in [3.63, 3.8) is 0 Å². The molecule has 2 unspecified atom stereocenters. The zero-order valence-corrected chi connectivity index (χ0v) is 16.7. The van der Waals surface area contributed by atoms with Crippen LogP contribution in [0.3, 0.4) is 0 Å². The fraction of sp³-hybridized carbons (Fsp3) is 0.650. The van der Waals surface area contributed by atoms with Gasteiger partial charge in [0.15, 0.2) is 0 Å². The van der Waals surface area contributed by atoms with E-state index in [9.17, 15) is 9.90 Å². The zero-order valence-electron chi connectivity index (χ0n) is 15.7. The number of hydrogen-bond acceptors (Lipinski definition) is 3. The van der Waals surface area contributed by atoms with Crippen LogP contribution in [0.4, 0.5) is 0 Å². The van der Waals surface area contributed by atoms with E-state index in [0.29, 0.717) is 0 Å². The van der Waals surface area contributed by atoms with Gasteiger partial charge in [-0.3, -0.25) is 4.79 Å². The minimum atomic E-state index is -2.14. The highest BCUT2D eigenvalue weighted by Gasteiger charge is 2.50. The van der Waals surface area contributed by atoms with Crippen molar-refractivity contribution >= 4 is 14.0 Å². The van der Waals surface area contributed by atoms with Gasteiger partial charge in [-0.05, 0) is 36.3 Å². The van der Waals surface area contributed by atoms with E-state index in [1.54, 1.807) is 0 Å². The molecule has 3 nitrogen and oxygen atoms in total. The second-order valence-electron chi connectivity index (χ2n) is 8.65. The Kier molecular flexibility index (Phi) is 5.92. The molecule has 1 aliphatic carbocycles. The van der Waals surface area contributed by atoms with Crippen LogP contribution in [0.5, 0.6) is 0 Å². The number of hydrogen-bond donors (Lipinski definition) is 1. The smallest absolute Gasteiger partial charge is 0.309 e. The maximum absolute atomic E-state index is 13.1. The van der Waals surface area contributed by atoms with Gasteiger partial charge in [0.25, 0.3) is 0 Å². The van der Waals surface area contributed by atoms with E-state index in [0.717, 1.165) is 31.2 Å². The van der Waals surface area contributed by atoms with Crippen LogP contribution in [0, 0.1) is 0 Å². The minimum Gasteiger partial charge on any atom is -0.462 e. The average molecular weight is 349 g/mol. The van der Waals surface area contributed by atoms with Crippen LogP contribution in [-0.2, 0) is 9.53 Å². The molecule has 0 bridgehead atoms. The molecular formula is C20H32O3Si. The molecule has 134 valence electrons. The molecular weight excluding hydrogens is 316 g/mol. The Labute approximate surface area is 147 Å². The molecule has 1 N–H and O–H groups in total. The third-order valence-electron chi connectivity index (χ3n) is 6.01. The summed E-state index contributed by atoms with van der Waals surface area (Å²) in [5, 5.41) is 11.0. The molecule has 0 heterocycles. The number of ether oxygens (including phenoxy) is 1. The van der Waals surface area contributed by atoms with Gasteiger partial charge >= 0.3 is 5.97 Å². The van der Waals surface area contributed by atoms with Crippen molar-refractivity contribution in [1.29, 1.82) is 0 Å². The van der Waals surface area contributed by atoms with Crippen LogP contribution >= 0.6 is 0 Å². The van der Waals surface area contributed by atoms with E-state index in [4.69, 9.17) is 4.74 Å². The lowest BCUT2D eigenvalue weighted by Gasteiger charge is -2.44. The largest absolute Gasteiger partial charge is 0.462 e. The SMILES string of the molecule is CC(C)(C)[Si](C)(C)C(C(=O)OC1CCCC1)C(O)c1ccccc1. The van der Waals surface area contributed by atoms with Gasteiger partial charge in [-0.2, -0.15) is 0 Å². The fourth-order valence-electron chi connectivity index (χ4n) is 3.37. The van der Waals surface area contributed by atoms with Gasteiger partial charge in [0.2, 0.25) is 0 Å². The number of benzene rings is 1. The van der Waals surface area contributed by atoms with Crippen molar-refractivity contribution in [3.8, 4) is 0 Å². The summed E-state index contributed by atoms with van der Waals surface area (Å²) in [6.45, 7) is 10.9. The predicted molar refractivity (Wildman–Crippen MR) is 101 cm³/mol. The molecule has 0 spiro atoms. The molecule has 0 aromatic heterocycles. The highest BCUT2D eigenvalue weighted by molar-refractivity contribution is 6.84. The van der Waals surface area contributed by atoms with Crippen LogP contribution < -0.4 is 0 Å². The molecule has 0 amide bonds. The van der Waals surface area contributed by atoms with Crippen molar-refractivity contribution in [2.24, 2.45) is 0 Å². The summed E-state index contributed by atoms with van der Waals surface area (Å²) in [6, 6.07) is 9.53. The quantitative estimate of drug-likeness (QED) is 0.596. The molecule has 2 atom stereocenters. The van der Waals surface area contributed by atoms with E-state index in [1.165, 1.54) is 0 Å². The third-order valence-corrected chi connectivity index (χ3v) is 12.0. The van der Waals surface area contributed by atoms with Gasteiger partial charge in [0.05, 0.1) is 19.7 Å². The van der Waals surface area contributed by atoms with E-state index in [2.05, 4.69) is 33.9 Å². The highest BCUT2D eigenvalue weighted by Crippen LogP contribution is 2.49. The van der Waals surface area contributed by atoms with Crippen molar-refractivity contribution in [1.82, 2.24) is 0 Å². The number of carbonyl (C=O) groups excluding carboxylic acids is 1. The number of aliphatic hydroxyl groups is 1. The first kappa shape index (κ1) is 19.2. The van der Waals surface area contributed by atoms with Crippen LogP contribution in [-0.4, -0.2) is 25.3 Å². The summed E-state index contributed by atoms with van der Waals surface area (Å²) in [6.07, 6.45) is 3.40. The van der Waals surface area contributed by atoms with Crippen LogP contribution in [0.15, 0.2) is 30.3 Å². The second kappa shape index (κ2) is 7.40. The Morgan fingerprint density at radius 2 is 1.71 bits per heavy atom. The fourth-order valence-corrected chi connectivity index (χ4v) is 5.94. The second-order valence-corrected chi connectivity index (χ2v) is 14.2. The first-order chi connectivity index (χ1) is 11.1. The normalized spacial score (nSPS) is 19.1. The van der Waals surface area contributed by atoms with Crippen molar-refractivity contribution in [2.45, 2.75) is 82.3 Å². The van der Waals surface area contributed by atoms with E-state index in [-0.39, 0.29) is 17.1 Å². The maximum Gasteiger partial charge on any atom is 0.309 e. The molecule has 4 heteroatoms. The first-order valence-corrected chi connectivity index (χ1v) is 12.2. The molecule has 1 aromatic rings. The van der Waals surface area contributed by atoms with Gasteiger partial charge in [0.1, 0.15) is 6.10 Å². The summed E-state index contributed by atoms with van der Waals surface area (Å²) in [5.41, 5.74) is 0.344. The Bertz CT molecular complexity index is 542. The first-order valence-electron chi connectivity index (χ1n) is 9.08. The number of esters is 1. The number of rotatable bonds is 5. The highest BCUT2D eigenvalue weighted by atomic mass is 28.3. The third kappa shape index (κ3) is 4.09. The lowest BCUT2D eigenvalue weighted by molar-refractivity contribution is -0.151. The molecule has 0 saturated heterocycles. The van der Waals surface area contributed by atoms with Crippen molar-refractivity contribution < 1.29 is 14.6 Å². The standard InChI is InChI=1S/C20H32O3Si/c1-20(2,3)24(4,5)18(17(21)15-11-7-6-8-12-15)19(22)23-16-13-9-10-14-16/h6-8,11-12,16-18,21H,9-10,13-14H2,1-5H3.